The quantitative estimate of drug-likeness (QED) is 0.0320. The summed E-state index contributed by atoms with van der Waals surface area (Å²) in [5, 5.41) is 3.33. The molecule has 2 aromatic heterocycles. The number of aliphatic imine (C=N–C) groups is 1. The maximum absolute atomic E-state index is 13.8. The SMILES string of the molecule is CCCCCCOC(=O)/N=C(/N)c1ccc(NCc2nc3cc(C(=O)N(CCC(=O)OC(C)OC(=O)OCC)c4ccccn4)ccc3n2C)cc1. The number of hydrogen-bond acceptors (Lipinski definition) is 11. The lowest BCUT2D eigenvalue weighted by atomic mass is 10.1. The van der Waals surface area contributed by atoms with Crippen LogP contribution in [0.1, 0.15) is 74.6 Å². The van der Waals surface area contributed by atoms with E-state index >= 15 is 0 Å². The fourth-order valence-corrected chi connectivity index (χ4v) is 5.11. The Morgan fingerprint density at radius 3 is 2.44 bits per heavy atom. The van der Waals surface area contributed by atoms with E-state index in [9.17, 15) is 19.2 Å². The Bertz CT molecular complexity index is 1840. The van der Waals surface area contributed by atoms with Crippen molar-refractivity contribution < 1.29 is 38.1 Å². The van der Waals surface area contributed by atoms with Crippen LogP contribution in [0.4, 0.5) is 21.1 Å². The highest BCUT2D eigenvalue weighted by atomic mass is 16.8. The minimum absolute atomic E-state index is 0.0459. The van der Waals surface area contributed by atoms with E-state index < -0.39 is 30.4 Å². The van der Waals surface area contributed by atoms with Crippen LogP contribution in [-0.4, -0.2) is 70.5 Å². The fourth-order valence-electron chi connectivity index (χ4n) is 5.11. The first-order valence-electron chi connectivity index (χ1n) is 17.2. The number of amides is 2. The number of imidazole rings is 1. The van der Waals surface area contributed by atoms with Gasteiger partial charge in [-0.25, -0.2) is 19.6 Å². The van der Waals surface area contributed by atoms with Crippen molar-refractivity contribution in [1.82, 2.24) is 14.5 Å². The van der Waals surface area contributed by atoms with Crippen LogP contribution in [0.3, 0.4) is 0 Å². The Morgan fingerprint density at radius 1 is 0.962 bits per heavy atom. The van der Waals surface area contributed by atoms with Gasteiger partial charge in [0.15, 0.2) is 0 Å². The molecule has 15 heteroatoms. The maximum Gasteiger partial charge on any atom is 0.511 e. The number of nitrogens with one attached hydrogen (secondary N) is 1. The molecule has 52 heavy (non-hydrogen) atoms. The lowest BCUT2D eigenvalue weighted by molar-refractivity contribution is -0.167. The maximum atomic E-state index is 13.8. The summed E-state index contributed by atoms with van der Waals surface area (Å²) in [5.74, 6) is 0.0661. The molecule has 0 spiro atoms. The van der Waals surface area contributed by atoms with Gasteiger partial charge in [0.25, 0.3) is 5.91 Å². The lowest BCUT2D eigenvalue weighted by Gasteiger charge is -2.22. The third-order valence-corrected chi connectivity index (χ3v) is 7.82. The van der Waals surface area contributed by atoms with Gasteiger partial charge < -0.3 is 34.6 Å². The zero-order chi connectivity index (χ0) is 37.5. The minimum Gasteiger partial charge on any atom is -0.448 e. The molecule has 1 unspecified atom stereocenters. The van der Waals surface area contributed by atoms with Gasteiger partial charge in [-0.3, -0.25) is 14.5 Å². The van der Waals surface area contributed by atoms with Crippen LogP contribution >= 0.6 is 0 Å². The van der Waals surface area contributed by atoms with Crippen LogP contribution in [0.2, 0.25) is 0 Å². The Hall–Kier alpha value is -5.99. The Balaban J connectivity index is 1.39. The number of aryl methyl sites for hydroxylation is 1. The van der Waals surface area contributed by atoms with Crippen molar-refractivity contribution in [3.63, 3.8) is 0 Å². The third-order valence-electron chi connectivity index (χ3n) is 7.82. The zero-order valence-electron chi connectivity index (χ0n) is 29.9. The number of pyridine rings is 1. The largest absolute Gasteiger partial charge is 0.511 e. The van der Waals surface area contributed by atoms with Gasteiger partial charge in [-0.05, 0) is 67.9 Å². The zero-order valence-corrected chi connectivity index (χ0v) is 29.9. The summed E-state index contributed by atoms with van der Waals surface area (Å²) in [6.07, 6.45) is 2.52. The number of nitrogens with zero attached hydrogens (tertiary/aromatic N) is 5. The van der Waals surface area contributed by atoms with E-state index in [1.807, 2.05) is 29.8 Å². The van der Waals surface area contributed by atoms with Gasteiger partial charge in [-0.1, -0.05) is 32.3 Å². The second kappa shape index (κ2) is 19.4. The molecule has 0 aliphatic heterocycles. The summed E-state index contributed by atoms with van der Waals surface area (Å²) in [6.45, 7) is 5.90. The van der Waals surface area contributed by atoms with Crippen molar-refractivity contribution in [3.05, 3.63) is 83.8 Å². The summed E-state index contributed by atoms with van der Waals surface area (Å²) < 4.78 is 21.8. The summed E-state index contributed by atoms with van der Waals surface area (Å²) in [7, 11) is 1.88. The smallest absolute Gasteiger partial charge is 0.448 e. The summed E-state index contributed by atoms with van der Waals surface area (Å²) in [5.41, 5.74) is 9.17. The number of rotatable bonds is 17. The van der Waals surface area contributed by atoms with Crippen molar-refractivity contribution >= 4 is 52.5 Å². The van der Waals surface area contributed by atoms with Crippen molar-refractivity contribution in [1.29, 1.82) is 0 Å². The van der Waals surface area contributed by atoms with Gasteiger partial charge in [0, 0.05) is 43.5 Å². The lowest BCUT2D eigenvalue weighted by Crippen LogP contribution is -2.34. The summed E-state index contributed by atoms with van der Waals surface area (Å²) in [4.78, 5) is 64.2. The molecule has 1 atom stereocenters. The monoisotopic (exact) mass is 715 g/mol. The normalized spacial score (nSPS) is 11.8. The molecule has 4 rings (SSSR count). The van der Waals surface area contributed by atoms with Crippen molar-refractivity contribution in [3.8, 4) is 0 Å². The molecule has 276 valence electrons. The molecule has 4 aromatic rings. The second-order valence-corrected chi connectivity index (χ2v) is 11.6. The highest BCUT2D eigenvalue weighted by Gasteiger charge is 2.23. The molecule has 3 N–H and O–H groups in total. The third kappa shape index (κ3) is 11.3. The van der Waals surface area contributed by atoms with Crippen LogP contribution in [0.15, 0.2) is 71.9 Å². The highest BCUT2D eigenvalue weighted by molar-refractivity contribution is 6.07. The molecular formula is C37H45N7O8. The summed E-state index contributed by atoms with van der Waals surface area (Å²) >= 11 is 0. The Kier molecular flexibility index (Phi) is 14.5. The number of ether oxygens (including phenoxy) is 4. The molecule has 0 radical (unpaired) electrons. The molecule has 0 aliphatic rings. The molecule has 0 aliphatic carbocycles. The number of carbonyl (C=O) groups is 4. The molecular weight excluding hydrogens is 670 g/mol. The minimum atomic E-state index is -1.17. The van der Waals surface area contributed by atoms with Crippen LogP contribution in [-0.2, 0) is 37.3 Å². The number of benzene rings is 2. The molecule has 2 heterocycles. The molecule has 2 aromatic carbocycles. The molecule has 0 saturated heterocycles. The standard InChI is InChI=1S/C37H45N7O8/c1-5-7-8-11-22-50-36(47)42-34(38)26-13-16-28(17-14-26)40-24-32-41-29-23-27(15-18-30(29)43(32)4)35(46)44(31-12-9-10-20-39-31)21-19-33(45)51-25(3)52-37(48)49-6-2/h9-10,12-18,20,23,25,40H,5-8,11,19,21-22,24H2,1-4H3,(H2,38,42,47). The van der Waals surface area contributed by atoms with Crippen molar-refractivity contribution in [2.24, 2.45) is 17.8 Å². The average Bonchev–Trinajstić information content (AvgIpc) is 3.45. The number of aromatic nitrogens is 3. The highest BCUT2D eigenvalue weighted by Crippen LogP contribution is 2.22. The second-order valence-electron chi connectivity index (χ2n) is 11.6. The number of fused-ring (bicyclic) bond motifs is 1. The van der Waals surface area contributed by atoms with Gasteiger partial charge in [-0.2, -0.15) is 4.99 Å². The van der Waals surface area contributed by atoms with Gasteiger partial charge >= 0.3 is 18.2 Å². The number of amidine groups is 1. The first-order chi connectivity index (χ1) is 25.1. The Morgan fingerprint density at radius 2 is 1.73 bits per heavy atom. The molecule has 0 fully saturated rings. The average molecular weight is 716 g/mol. The van der Waals surface area contributed by atoms with E-state index in [1.165, 1.54) is 11.8 Å². The Labute approximate surface area is 302 Å². The van der Waals surface area contributed by atoms with E-state index in [0.29, 0.717) is 35.6 Å². The van der Waals surface area contributed by atoms with E-state index in [2.05, 4.69) is 22.2 Å². The first kappa shape index (κ1) is 38.8. The fraction of sp³-hybridized carbons (Fsp3) is 0.378. The number of nitrogens with two attached hydrogens (primary N) is 1. The predicted octanol–water partition coefficient (Wildman–Crippen LogP) is 6.10. The van der Waals surface area contributed by atoms with Crippen LogP contribution in [0.5, 0.6) is 0 Å². The van der Waals surface area contributed by atoms with Crippen molar-refractivity contribution in [2.45, 2.75) is 65.7 Å². The van der Waals surface area contributed by atoms with Crippen molar-refractivity contribution in [2.75, 3.05) is 30.0 Å². The van der Waals surface area contributed by atoms with E-state index in [1.54, 1.807) is 55.6 Å². The van der Waals surface area contributed by atoms with E-state index in [0.717, 1.165) is 42.7 Å². The van der Waals surface area contributed by atoms with Gasteiger partial charge in [0.1, 0.15) is 17.5 Å². The first-order valence-corrected chi connectivity index (χ1v) is 17.2. The van der Waals surface area contributed by atoms with Crippen LogP contribution in [0, 0.1) is 0 Å². The van der Waals surface area contributed by atoms with Gasteiger partial charge in [-0.15, -0.1) is 0 Å². The van der Waals surface area contributed by atoms with Gasteiger partial charge in [0.2, 0.25) is 6.29 Å². The van der Waals surface area contributed by atoms with E-state index in [-0.39, 0.29) is 25.4 Å². The topological polar surface area (TPSA) is 190 Å². The molecule has 0 bridgehead atoms. The van der Waals surface area contributed by atoms with Crippen LogP contribution in [0.25, 0.3) is 11.0 Å². The molecule has 15 nitrogen and oxygen atoms in total. The number of esters is 1. The summed E-state index contributed by atoms with van der Waals surface area (Å²) in [6, 6.07) is 17.5. The number of carbonyl (C=O) groups excluding carboxylic acids is 4. The molecule has 0 saturated carbocycles. The number of unbranched alkanes of at least 4 members (excludes halogenated alkanes) is 3. The molecule has 2 amide bonds. The number of hydrogen-bond donors (Lipinski definition) is 2. The van der Waals surface area contributed by atoms with Gasteiger partial charge in [0.05, 0.1) is 37.2 Å². The predicted molar refractivity (Wildman–Crippen MR) is 195 cm³/mol. The van der Waals surface area contributed by atoms with Crippen LogP contribution < -0.4 is 16.0 Å². The number of anilines is 2. The van der Waals surface area contributed by atoms with E-state index in [4.69, 9.17) is 29.7 Å².